The molecule has 2 aliphatic rings. The lowest BCUT2D eigenvalue weighted by atomic mass is 10.00. The molecule has 28 heteroatoms. The van der Waals surface area contributed by atoms with E-state index in [0.29, 0.717) is 0 Å². The highest BCUT2D eigenvalue weighted by atomic mass is 31.3. The van der Waals surface area contributed by atoms with Crippen LogP contribution in [-0.4, -0.2) is 111 Å². The van der Waals surface area contributed by atoms with Gasteiger partial charge in [-0.05, 0) is 6.92 Å². The summed E-state index contributed by atoms with van der Waals surface area (Å²) in [5.41, 5.74) is -1.48. The molecule has 24 nitrogen and oxygen atoms in total. The Morgan fingerprint density at radius 3 is 2.02 bits per heavy atom. The largest absolute Gasteiger partial charge is 0.490 e. The Bertz CT molecular complexity index is 1490. The zero-order valence-electron chi connectivity index (χ0n) is 21.9. The minimum Gasteiger partial charge on any atom is -0.394 e. The number of phosphoric acid groups is 4. The number of aliphatic hydroxyl groups excluding tert-OH is 5. The zero-order valence-corrected chi connectivity index (χ0v) is 25.5. The third kappa shape index (κ3) is 9.74. The minimum atomic E-state index is -6.25. The molecule has 1 aromatic heterocycles. The zero-order chi connectivity index (χ0) is 33.4. The van der Waals surface area contributed by atoms with Crippen molar-refractivity contribution in [3.8, 4) is 0 Å². The van der Waals surface area contributed by atoms with Gasteiger partial charge in [-0.3, -0.25) is 23.4 Å². The molecular weight excluding hydrogens is 696 g/mol. The number of aliphatic hydroxyl groups is 5. The molecule has 44 heavy (non-hydrogen) atoms. The first-order valence-corrected chi connectivity index (χ1v) is 17.8. The Morgan fingerprint density at radius 1 is 0.864 bits per heavy atom. The van der Waals surface area contributed by atoms with Gasteiger partial charge in [-0.2, -0.15) is 12.9 Å². The first kappa shape index (κ1) is 37.4. The van der Waals surface area contributed by atoms with Crippen molar-refractivity contribution in [1.82, 2.24) is 9.55 Å². The summed E-state index contributed by atoms with van der Waals surface area (Å²) in [7, 11) is -24.1. The summed E-state index contributed by atoms with van der Waals surface area (Å²) in [6.07, 6.45) is -13.6. The first-order valence-electron chi connectivity index (χ1n) is 11.8. The lowest BCUT2D eigenvalue weighted by Crippen LogP contribution is -2.58. The van der Waals surface area contributed by atoms with Crippen LogP contribution in [0.5, 0.6) is 0 Å². The number of nitrogens with zero attached hydrogens (tertiary/aromatic N) is 1. The van der Waals surface area contributed by atoms with E-state index in [0.717, 1.165) is 10.8 Å². The van der Waals surface area contributed by atoms with Crippen LogP contribution in [0.3, 0.4) is 0 Å². The van der Waals surface area contributed by atoms with Crippen molar-refractivity contribution in [3.63, 3.8) is 0 Å². The van der Waals surface area contributed by atoms with Crippen molar-refractivity contribution < 1.29 is 94.8 Å². The third-order valence-electron chi connectivity index (χ3n) is 5.77. The van der Waals surface area contributed by atoms with Gasteiger partial charge in [0.25, 0.3) is 5.56 Å². The van der Waals surface area contributed by atoms with Gasteiger partial charge in [0, 0.05) is 18.2 Å². The SMILES string of the molecule is Cc1cn([C@H]2C[C@H](O)[C@@H](COP(=O)(O)OP(=O)(O)OP(=O)(O)OP(=O)(O)O[C@H]3O[C@H](CO)[C@@H](O)[C@H](O)[C@H]3O)O2)c(=O)[nH]c1=O. The molecule has 0 aliphatic carbocycles. The van der Waals surface area contributed by atoms with Gasteiger partial charge < -0.3 is 54.6 Å². The second-order valence-electron chi connectivity index (χ2n) is 9.13. The highest BCUT2D eigenvalue weighted by Gasteiger charge is 2.50. The molecule has 2 fully saturated rings. The van der Waals surface area contributed by atoms with Crippen LogP contribution in [0.2, 0.25) is 0 Å². The van der Waals surface area contributed by atoms with Crippen LogP contribution in [-0.2, 0) is 49.7 Å². The maximum Gasteiger partial charge on any atom is 0.490 e. The number of phosphoric ester groups is 2. The number of rotatable bonds is 13. The van der Waals surface area contributed by atoms with E-state index in [1.165, 1.54) is 6.92 Å². The van der Waals surface area contributed by atoms with Gasteiger partial charge in [-0.15, -0.1) is 0 Å². The molecule has 2 aliphatic heterocycles. The molecule has 12 atom stereocenters. The highest BCUT2D eigenvalue weighted by Crippen LogP contribution is 2.71. The van der Waals surface area contributed by atoms with Crippen molar-refractivity contribution in [1.29, 1.82) is 0 Å². The summed E-state index contributed by atoms with van der Waals surface area (Å²) in [5.74, 6) is 0. The van der Waals surface area contributed by atoms with Gasteiger partial charge in [0.2, 0.25) is 0 Å². The van der Waals surface area contributed by atoms with Crippen LogP contribution >= 0.6 is 31.3 Å². The number of ether oxygens (including phenoxy) is 2. The van der Waals surface area contributed by atoms with Crippen molar-refractivity contribution in [2.45, 2.75) is 62.5 Å². The number of nitrogens with one attached hydrogen (secondary N) is 1. The lowest BCUT2D eigenvalue weighted by molar-refractivity contribution is -0.280. The van der Waals surface area contributed by atoms with Crippen LogP contribution in [0.4, 0.5) is 0 Å². The van der Waals surface area contributed by atoms with E-state index in [9.17, 15) is 67.8 Å². The van der Waals surface area contributed by atoms with Crippen LogP contribution in [0.15, 0.2) is 15.8 Å². The number of hydrogen-bond acceptors (Lipinski definition) is 18. The van der Waals surface area contributed by atoms with E-state index in [1.54, 1.807) is 0 Å². The Hall–Kier alpha value is -1.04. The molecule has 4 unspecified atom stereocenters. The van der Waals surface area contributed by atoms with Gasteiger partial charge in [0.15, 0.2) is 6.29 Å². The fraction of sp³-hybridized carbons (Fsp3) is 0.750. The molecule has 2 saturated heterocycles. The van der Waals surface area contributed by atoms with E-state index < -0.39 is 105 Å². The number of hydrogen-bond donors (Lipinski definition) is 10. The van der Waals surface area contributed by atoms with Gasteiger partial charge in [0.05, 0.1) is 19.3 Å². The predicted molar refractivity (Wildman–Crippen MR) is 134 cm³/mol. The number of aromatic amines is 1. The van der Waals surface area contributed by atoms with E-state index in [2.05, 4.69) is 22.0 Å². The molecule has 1 aromatic rings. The number of aromatic nitrogens is 2. The standard InChI is InChI=1S/C16H28N2O22P4/c1-6-3-18(16(25)17-14(6)24)10-2-7(20)9(35-10)5-34-41(26,27)38-43(30,31)40-44(32,33)39-42(28,29)37-15-13(23)12(22)11(21)8(4-19)36-15/h3,7-13,15,19-23H,2,4-5H2,1H3,(H,26,27)(H,28,29)(H,30,31)(H,32,33)(H,17,24,25)/t7-,8+,9+,10+,11+,12-,13+,15+/m0/s1. The van der Waals surface area contributed by atoms with Crippen molar-refractivity contribution in [2.75, 3.05) is 13.2 Å². The molecule has 3 rings (SSSR count). The molecular formula is C16H28N2O22P4. The van der Waals surface area contributed by atoms with Crippen LogP contribution in [0.25, 0.3) is 0 Å². The minimum absolute atomic E-state index is 0.109. The molecule has 10 N–H and O–H groups in total. The van der Waals surface area contributed by atoms with E-state index >= 15 is 0 Å². The highest BCUT2D eigenvalue weighted by molar-refractivity contribution is 7.69. The van der Waals surface area contributed by atoms with Crippen molar-refractivity contribution in [3.05, 3.63) is 32.6 Å². The fourth-order valence-electron chi connectivity index (χ4n) is 3.75. The van der Waals surface area contributed by atoms with Gasteiger partial charge in [0.1, 0.15) is 36.7 Å². The molecule has 0 spiro atoms. The van der Waals surface area contributed by atoms with E-state index in [4.69, 9.17) is 14.6 Å². The molecule has 254 valence electrons. The van der Waals surface area contributed by atoms with Gasteiger partial charge >= 0.3 is 37.0 Å². The molecule has 0 amide bonds. The lowest BCUT2D eigenvalue weighted by Gasteiger charge is -2.39. The van der Waals surface area contributed by atoms with Gasteiger partial charge in [-0.25, -0.2) is 23.1 Å². The predicted octanol–water partition coefficient (Wildman–Crippen LogP) is -3.22. The Balaban J connectivity index is 1.58. The van der Waals surface area contributed by atoms with Gasteiger partial charge in [-0.1, -0.05) is 0 Å². The summed E-state index contributed by atoms with van der Waals surface area (Å²) >= 11 is 0. The molecule has 3 heterocycles. The summed E-state index contributed by atoms with van der Waals surface area (Å²) in [6.45, 7) is -0.675. The molecule has 0 radical (unpaired) electrons. The van der Waals surface area contributed by atoms with Crippen LogP contribution in [0, 0.1) is 6.92 Å². The summed E-state index contributed by atoms with van der Waals surface area (Å²) in [6, 6.07) is 0. The molecule has 0 saturated carbocycles. The van der Waals surface area contributed by atoms with Crippen LogP contribution in [0.1, 0.15) is 18.2 Å². The first-order chi connectivity index (χ1) is 20.1. The summed E-state index contributed by atoms with van der Waals surface area (Å²) in [5, 5.41) is 48.5. The maximum atomic E-state index is 12.2. The molecule has 0 bridgehead atoms. The average Bonchev–Trinajstić information content (AvgIpc) is 3.23. The second-order valence-corrected chi connectivity index (χ2v) is 15.3. The quantitative estimate of drug-likeness (QED) is 0.0894. The smallest absolute Gasteiger partial charge is 0.394 e. The normalized spacial score (nSPS) is 34.9. The van der Waals surface area contributed by atoms with E-state index in [-0.39, 0.29) is 12.0 Å². The average molecular weight is 724 g/mol. The van der Waals surface area contributed by atoms with Crippen molar-refractivity contribution >= 4 is 31.3 Å². The summed E-state index contributed by atoms with van der Waals surface area (Å²) in [4.78, 5) is 64.4. The third-order valence-corrected chi connectivity index (χ3v) is 11.7. The monoisotopic (exact) mass is 724 g/mol. The van der Waals surface area contributed by atoms with Crippen LogP contribution < -0.4 is 11.2 Å². The Kier molecular flexibility index (Phi) is 11.9. The van der Waals surface area contributed by atoms with E-state index in [1.807, 2.05) is 4.98 Å². The maximum absolute atomic E-state index is 12.2. The summed E-state index contributed by atoms with van der Waals surface area (Å²) < 4.78 is 79.5. The number of H-pyrrole nitrogens is 1. The van der Waals surface area contributed by atoms with Crippen molar-refractivity contribution in [2.24, 2.45) is 0 Å². The Labute approximate surface area is 244 Å². The fourth-order valence-corrected chi connectivity index (χ4v) is 8.77. The Morgan fingerprint density at radius 2 is 1.43 bits per heavy atom. The topological polar surface area (TPSA) is 370 Å². The second kappa shape index (κ2) is 14.0. The number of aryl methyl sites for hydroxylation is 1. The molecule has 0 aromatic carbocycles.